The number of guanidine groups is 1. The number of aliphatic imine (C=N–C) groups is 1. The highest BCUT2D eigenvalue weighted by Crippen LogP contribution is 2.24. The lowest BCUT2D eigenvalue weighted by molar-refractivity contribution is -0.126. The fourth-order valence-electron chi connectivity index (χ4n) is 3.27. The van der Waals surface area contributed by atoms with Gasteiger partial charge in [-0.1, -0.05) is 13.3 Å². The molecule has 1 heterocycles. The summed E-state index contributed by atoms with van der Waals surface area (Å²) in [4.78, 5) is 16.6. The molecule has 140 valence electrons. The van der Waals surface area contributed by atoms with Crippen LogP contribution in [0.25, 0.3) is 0 Å². The molecule has 3 atom stereocenters. The van der Waals surface area contributed by atoms with Gasteiger partial charge in [-0.15, -0.1) is 0 Å². The first-order valence-electron chi connectivity index (χ1n) is 9.29. The number of nitrogens with zero attached hydrogens (tertiary/aromatic N) is 1. The summed E-state index contributed by atoms with van der Waals surface area (Å²) in [6.07, 6.45) is 4.03. The molecule has 0 bridgehead atoms. The zero-order chi connectivity index (χ0) is 18.2. The molecule has 1 aliphatic carbocycles. The topological polar surface area (TPSA) is 65.5 Å². The summed E-state index contributed by atoms with van der Waals surface area (Å²) in [6.45, 7) is 7.09. The Kier molecular flexibility index (Phi) is 7.75. The largest absolute Gasteiger partial charge is 0.356 e. The van der Waals surface area contributed by atoms with Gasteiger partial charge in [-0.3, -0.25) is 9.79 Å². The van der Waals surface area contributed by atoms with Crippen LogP contribution in [0.15, 0.2) is 21.8 Å². The molecular formula is C19H32N4OS. The Balaban J connectivity index is 1.81. The van der Waals surface area contributed by atoms with Gasteiger partial charge in [0.25, 0.3) is 0 Å². The van der Waals surface area contributed by atoms with E-state index in [4.69, 9.17) is 0 Å². The van der Waals surface area contributed by atoms with Gasteiger partial charge in [-0.25, -0.2) is 0 Å². The van der Waals surface area contributed by atoms with Crippen molar-refractivity contribution in [2.45, 2.75) is 64.5 Å². The van der Waals surface area contributed by atoms with Crippen molar-refractivity contribution in [3.63, 3.8) is 0 Å². The van der Waals surface area contributed by atoms with Crippen molar-refractivity contribution in [2.75, 3.05) is 13.6 Å². The molecule has 1 amide bonds. The summed E-state index contributed by atoms with van der Waals surface area (Å²) < 4.78 is 0. The van der Waals surface area contributed by atoms with Crippen LogP contribution in [0.5, 0.6) is 0 Å². The van der Waals surface area contributed by atoms with E-state index >= 15 is 0 Å². The van der Waals surface area contributed by atoms with Crippen molar-refractivity contribution < 1.29 is 4.79 Å². The number of carbonyl (C=O) groups excluding carboxylic acids is 1. The fraction of sp³-hybridized carbons (Fsp3) is 0.684. The Morgan fingerprint density at radius 2 is 2.16 bits per heavy atom. The molecule has 1 fully saturated rings. The number of rotatable bonds is 6. The lowest BCUT2D eigenvalue weighted by Crippen LogP contribution is -2.48. The number of thiophene rings is 1. The minimum atomic E-state index is 0.108. The minimum Gasteiger partial charge on any atom is -0.356 e. The SMILES string of the molecule is CN=C(NCC(C)c1ccsc1)NC1CCCC(C(=O)NC(C)C)C1. The first-order valence-corrected chi connectivity index (χ1v) is 10.2. The molecule has 25 heavy (non-hydrogen) atoms. The van der Waals surface area contributed by atoms with E-state index in [0.29, 0.717) is 12.0 Å². The van der Waals surface area contributed by atoms with E-state index in [1.54, 1.807) is 18.4 Å². The number of nitrogens with one attached hydrogen (secondary N) is 3. The second kappa shape index (κ2) is 9.80. The average Bonchev–Trinajstić information content (AvgIpc) is 3.12. The van der Waals surface area contributed by atoms with Crippen LogP contribution in [0.1, 0.15) is 57.9 Å². The van der Waals surface area contributed by atoms with Crippen molar-refractivity contribution in [3.05, 3.63) is 22.4 Å². The second-order valence-electron chi connectivity index (χ2n) is 7.28. The molecule has 5 nitrogen and oxygen atoms in total. The number of hydrogen-bond donors (Lipinski definition) is 3. The lowest BCUT2D eigenvalue weighted by Gasteiger charge is -2.30. The molecule has 0 spiro atoms. The molecule has 3 N–H and O–H groups in total. The predicted octanol–water partition coefficient (Wildman–Crippen LogP) is 3.10. The van der Waals surface area contributed by atoms with Crippen LogP contribution < -0.4 is 16.0 Å². The van der Waals surface area contributed by atoms with Gasteiger partial charge in [-0.2, -0.15) is 11.3 Å². The van der Waals surface area contributed by atoms with Crippen molar-refractivity contribution in [3.8, 4) is 0 Å². The van der Waals surface area contributed by atoms with Gasteiger partial charge in [-0.05, 0) is 61.4 Å². The molecule has 0 aliphatic heterocycles. The third-order valence-electron chi connectivity index (χ3n) is 4.73. The van der Waals surface area contributed by atoms with Gasteiger partial charge in [0, 0.05) is 31.6 Å². The van der Waals surface area contributed by atoms with Crippen LogP contribution in [0, 0.1) is 5.92 Å². The molecule has 2 rings (SSSR count). The van der Waals surface area contributed by atoms with Gasteiger partial charge in [0.2, 0.25) is 5.91 Å². The highest BCUT2D eigenvalue weighted by atomic mass is 32.1. The molecule has 6 heteroatoms. The van der Waals surface area contributed by atoms with Gasteiger partial charge in [0.05, 0.1) is 0 Å². The van der Waals surface area contributed by atoms with Gasteiger partial charge < -0.3 is 16.0 Å². The van der Waals surface area contributed by atoms with E-state index in [-0.39, 0.29) is 17.9 Å². The summed E-state index contributed by atoms with van der Waals surface area (Å²) in [7, 11) is 1.80. The van der Waals surface area contributed by atoms with E-state index in [1.165, 1.54) is 5.56 Å². The number of hydrogen-bond acceptors (Lipinski definition) is 3. The zero-order valence-corrected chi connectivity index (χ0v) is 16.7. The first kappa shape index (κ1) is 19.8. The van der Waals surface area contributed by atoms with Crippen LogP contribution in [-0.4, -0.2) is 37.5 Å². The van der Waals surface area contributed by atoms with Crippen molar-refractivity contribution in [1.29, 1.82) is 0 Å². The maximum atomic E-state index is 12.3. The Hall–Kier alpha value is -1.56. The minimum absolute atomic E-state index is 0.108. The lowest BCUT2D eigenvalue weighted by atomic mass is 9.85. The third-order valence-corrected chi connectivity index (χ3v) is 5.43. The molecule has 1 aromatic heterocycles. The van der Waals surface area contributed by atoms with E-state index in [2.05, 4.69) is 44.7 Å². The summed E-state index contributed by atoms with van der Waals surface area (Å²) in [6, 6.07) is 2.68. The smallest absolute Gasteiger partial charge is 0.223 e. The van der Waals surface area contributed by atoms with Crippen LogP contribution in [-0.2, 0) is 4.79 Å². The summed E-state index contributed by atoms with van der Waals surface area (Å²) in [5.74, 6) is 1.57. The maximum Gasteiger partial charge on any atom is 0.223 e. The van der Waals surface area contributed by atoms with Crippen LogP contribution in [0.4, 0.5) is 0 Å². The molecular weight excluding hydrogens is 332 g/mol. The van der Waals surface area contributed by atoms with Gasteiger partial charge in [0.1, 0.15) is 0 Å². The van der Waals surface area contributed by atoms with Crippen molar-refractivity contribution in [1.82, 2.24) is 16.0 Å². The highest BCUT2D eigenvalue weighted by Gasteiger charge is 2.28. The first-order chi connectivity index (χ1) is 12.0. The van der Waals surface area contributed by atoms with E-state index in [1.807, 2.05) is 13.8 Å². The summed E-state index contributed by atoms with van der Waals surface area (Å²) in [5.41, 5.74) is 1.36. The molecule has 1 aliphatic rings. The molecule has 0 saturated heterocycles. The van der Waals surface area contributed by atoms with Gasteiger partial charge in [0.15, 0.2) is 5.96 Å². The van der Waals surface area contributed by atoms with E-state index < -0.39 is 0 Å². The van der Waals surface area contributed by atoms with Crippen LogP contribution in [0.3, 0.4) is 0 Å². The molecule has 1 saturated carbocycles. The summed E-state index contributed by atoms with van der Waals surface area (Å²) >= 11 is 1.73. The maximum absolute atomic E-state index is 12.3. The third kappa shape index (κ3) is 6.34. The van der Waals surface area contributed by atoms with E-state index in [0.717, 1.165) is 38.2 Å². The Morgan fingerprint density at radius 3 is 2.80 bits per heavy atom. The summed E-state index contributed by atoms with van der Waals surface area (Å²) in [5, 5.41) is 14.3. The highest BCUT2D eigenvalue weighted by molar-refractivity contribution is 7.07. The Morgan fingerprint density at radius 1 is 1.36 bits per heavy atom. The Labute approximate surface area is 155 Å². The van der Waals surface area contributed by atoms with Gasteiger partial charge >= 0.3 is 0 Å². The van der Waals surface area contributed by atoms with Crippen molar-refractivity contribution >= 4 is 23.2 Å². The molecule has 0 aromatic carbocycles. The zero-order valence-electron chi connectivity index (χ0n) is 15.8. The van der Waals surface area contributed by atoms with Crippen molar-refractivity contribution in [2.24, 2.45) is 10.9 Å². The van der Waals surface area contributed by atoms with Crippen LogP contribution in [0.2, 0.25) is 0 Å². The average molecular weight is 365 g/mol. The molecule has 1 aromatic rings. The quantitative estimate of drug-likeness (QED) is 0.537. The Bertz CT molecular complexity index is 556. The monoisotopic (exact) mass is 364 g/mol. The standard InChI is InChI=1S/C19H32N4OS/c1-13(2)22-18(24)15-6-5-7-17(10-15)23-19(20-4)21-11-14(3)16-8-9-25-12-16/h8-9,12-15,17H,5-7,10-11H2,1-4H3,(H,22,24)(H2,20,21,23). The second-order valence-corrected chi connectivity index (χ2v) is 8.06. The number of amides is 1. The van der Waals surface area contributed by atoms with Crippen LogP contribution >= 0.6 is 11.3 Å². The molecule has 0 radical (unpaired) electrons. The normalized spacial score (nSPS) is 22.5. The molecule has 3 unspecified atom stereocenters. The fourth-order valence-corrected chi connectivity index (χ4v) is 4.05. The van der Waals surface area contributed by atoms with E-state index in [9.17, 15) is 4.79 Å². The predicted molar refractivity (Wildman–Crippen MR) is 106 cm³/mol. The number of carbonyl (C=O) groups is 1.